The molecule has 0 amide bonds. The van der Waals surface area contributed by atoms with E-state index in [4.69, 9.17) is 4.74 Å². The topological polar surface area (TPSA) is 44.1 Å². The largest absolute Gasteiger partial charge is 0.487 e. The van der Waals surface area contributed by atoms with E-state index in [1.807, 2.05) is 31.5 Å². The fourth-order valence-corrected chi connectivity index (χ4v) is 2.10. The second kappa shape index (κ2) is 6.37. The van der Waals surface area contributed by atoms with Crippen LogP contribution in [-0.4, -0.2) is 15.3 Å². The summed E-state index contributed by atoms with van der Waals surface area (Å²) in [5.41, 5.74) is 2.71. The first kappa shape index (κ1) is 14.3. The summed E-state index contributed by atoms with van der Waals surface area (Å²) in [6.07, 6.45) is 4.66. The molecule has 0 saturated heterocycles. The highest BCUT2D eigenvalue weighted by atomic mass is 16.5. The number of imidazole rings is 1. The van der Waals surface area contributed by atoms with Gasteiger partial charge in [0.05, 0.1) is 23.8 Å². The van der Waals surface area contributed by atoms with Crippen LogP contribution in [0.3, 0.4) is 0 Å². The maximum atomic E-state index is 11.6. The van der Waals surface area contributed by atoms with Crippen LogP contribution in [0, 0.1) is 6.92 Å². The van der Waals surface area contributed by atoms with Gasteiger partial charge in [-0.3, -0.25) is 4.79 Å². The fourth-order valence-electron chi connectivity index (χ4n) is 2.10. The molecule has 0 bridgehead atoms. The number of rotatable bonds is 6. The minimum Gasteiger partial charge on any atom is -0.487 e. The number of hydrogen-bond donors (Lipinski definition) is 0. The molecule has 0 fully saturated rings. The molecule has 20 heavy (non-hydrogen) atoms. The monoisotopic (exact) mass is 272 g/mol. The van der Waals surface area contributed by atoms with Crippen LogP contribution < -0.4 is 4.74 Å². The number of aromatic nitrogens is 2. The zero-order valence-electron chi connectivity index (χ0n) is 12.2. The van der Waals surface area contributed by atoms with E-state index in [0.29, 0.717) is 17.9 Å². The molecular formula is C16H20N2O2. The molecule has 0 aliphatic carbocycles. The predicted octanol–water partition coefficient (Wildman–Crippen LogP) is 3.38. The normalized spacial score (nSPS) is 10.6. The van der Waals surface area contributed by atoms with E-state index in [-0.39, 0.29) is 5.78 Å². The van der Waals surface area contributed by atoms with Crippen molar-refractivity contribution in [2.24, 2.45) is 0 Å². The molecule has 1 aromatic carbocycles. The Morgan fingerprint density at radius 2 is 2.20 bits per heavy atom. The van der Waals surface area contributed by atoms with Crippen LogP contribution >= 0.6 is 0 Å². The Labute approximate surface area is 119 Å². The van der Waals surface area contributed by atoms with Crippen molar-refractivity contribution in [3.63, 3.8) is 0 Å². The summed E-state index contributed by atoms with van der Waals surface area (Å²) in [5.74, 6) is 0.656. The highest BCUT2D eigenvalue weighted by Crippen LogP contribution is 2.22. The molecule has 0 aliphatic rings. The second-order valence-corrected chi connectivity index (χ2v) is 4.92. The number of ketones is 1. The third kappa shape index (κ3) is 3.26. The first-order valence-electron chi connectivity index (χ1n) is 6.85. The first-order valence-corrected chi connectivity index (χ1v) is 6.85. The van der Waals surface area contributed by atoms with Crippen molar-refractivity contribution in [2.45, 2.75) is 40.3 Å². The van der Waals surface area contributed by atoms with Gasteiger partial charge in [-0.1, -0.05) is 13.0 Å². The lowest BCUT2D eigenvalue weighted by molar-refractivity contribution is 0.101. The lowest BCUT2D eigenvalue weighted by atomic mass is 10.1. The van der Waals surface area contributed by atoms with Gasteiger partial charge in [0.2, 0.25) is 0 Å². The van der Waals surface area contributed by atoms with E-state index in [2.05, 4.69) is 16.5 Å². The number of Topliss-reactive ketones (excluding diaryl/α,β-unsaturated/α-hetero) is 1. The van der Waals surface area contributed by atoms with Crippen molar-refractivity contribution >= 4 is 5.78 Å². The molecule has 0 saturated carbocycles. The van der Waals surface area contributed by atoms with Gasteiger partial charge in [-0.05, 0) is 38.0 Å². The molecular weight excluding hydrogens is 252 g/mol. The molecule has 0 atom stereocenters. The molecule has 106 valence electrons. The first-order chi connectivity index (χ1) is 9.61. The van der Waals surface area contributed by atoms with E-state index >= 15 is 0 Å². The molecule has 0 radical (unpaired) electrons. The maximum absolute atomic E-state index is 11.6. The summed E-state index contributed by atoms with van der Waals surface area (Å²) < 4.78 is 7.90. The SMILES string of the molecule is CCCn1cncc1COc1cc(C)ccc1C(C)=O. The van der Waals surface area contributed by atoms with Crippen LogP contribution in [0.25, 0.3) is 0 Å². The molecule has 1 aromatic heterocycles. The number of hydrogen-bond acceptors (Lipinski definition) is 3. The van der Waals surface area contributed by atoms with Gasteiger partial charge in [-0.25, -0.2) is 4.98 Å². The number of nitrogens with zero attached hydrogens (tertiary/aromatic N) is 2. The summed E-state index contributed by atoms with van der Waals surface area (Å²) >= 11 is 0. The summed E-state index contributed by atoms with van der Waals surface area (Å²) in [6.45, 7) is 7.01. The molecule has 1 heterocycles. The standard InChI is InChI=1S/C16H20N2O2/c1-4-7-18-11-17-9-14(18)10-20-16-8-12(2)5-6-15(16)13(3)19/h5-6,8-9,11H,4,7,10H2,1-3H3. The minimum atomic E-state index is 0.0158. The van der Waals surface area contributed by atoms with Gasteiger partial charge in [-0.2, -0.15) is 0 Å². The second-order valence-electron chi connectivity index (χ2n) is 4.92. The third-order valence-electron chi connectivity index (χ3n) is 3.15. The molecule has 0 spiro atoms. The van der Waals surface area contributed by atoms with Crippen LogP contribution in [0.4, 0.5) is 0 Å². The van der Waals surface area contributed by atoms with Crippen molar-refractivity contribution in [1.82, 2.24) is 9.55 Å². The Morgan fingerprint density at radius 1 is 1.40 bits per heavy atom. The maximum Gasteiger partial charge on any atom is 0.163 e. The number of carbonyl (C=O) groups excluding carboxylic acids is 1. The van der Waals surface area contributed by atoms with Gasteiger partial charge in [0.15, 0.2) is 5.78 Å². The number of ether oxygens (including phenoxy) is 1. The Hall–Kier alpha value is -2.10. The van der Waals surface area contributed by atoms with E-state index < -0.39 is 0 Å². The number of benzene rings is 1. The number of carbonyl (C=O) groups is 1. The molecule has 4 nitrogen and oxygen atoms in total. The van der Waals surface area contributed by atoms with Crippen LogP contribution in [0.2, 0.25) is 0 Å². The van der Waals surface area contributed by atoms with Gasteiger partial charge in [0.1, 0.15) is 12.4 Å². The van der Waals surface area contributed by atoms with Gasteiger partial charge in [0, 0.05) is 6.54 Å². The highest BCUT2D eigenvalue weighted by Gasteiger charge is 2.10. The van der Waals surface area contributed by atoms with Crippen molar-refractivity contribution in [3.05, 3.63) is 47.5 Å². The van der Waals surface area contributed by atoms with Crippen molar-refractivity contribution in [2.75, 3.05) is 0 Å². The summed E-state index contributed by atoms with van der Waals surface area (Å²) in [7, 11) is 0. The molecule has 2 rings (SSSR count). The van der Waals surface area contributed by atoms with Crippen LogP contribution in [0.5, 0.6) is 5.75 Å². The highest BCUT2D eigenvalue weighted by molar-refractivity contribution is 5.96. The van der Waals surface area contributed by atoms with Gasteiger partial charge < -0.3 is 9.30 Å². The third-order valence-corrected chi connectivity index (χ3v) is 3.15. The smallest absolute Gasteiger partial charge is 0.163 e. The summed E-state index contributed by atoms with van der Waals surface area (Å²) in [6, 6.07) is 5.64. The molecule has 0 N–H and O–H groups in total. The van der Waals surface area contributed by atoms with Gasteiger partial charge in [-0.15, -0.1) is 0 Å². The summed E-state index contributed by atoms with van der Waals surface area (Å²) in [4.78, 5) is 15.8. The Kier molecular flexibility index (Phi) is 4.56. The van der Waals surface area contributed by atoms with E-state index in [9.17, 15) is 4.79 Å². The average Bonchev–Trinajstić information content (AvgIpc) is 2.84. The van der Waals surface area contributed by atoms with E-state index in [1.165, 1.54) is 0 Å². The predicted molar refractivity (Wildman–Crippen MR) is 78.0 cm³/mol. The Bertz CT molecular complexity index is 602. The van der Waals surface area contributed by atoms with Crippen LogP contribution in [-0.2, 0) is 13.2 Å². The zero-order valence-corrected chi connectivity index (χ0v) is 12.2. The minimum absolute atomic E-state index is 0.0158. The Morgan fingerprint density at radius 3 is 2.90 bits per heavy atom. The van der Waals surface area contributed by atoms with Crippen molar-refractivity contribution < 1.29 is 9.53 Å². The lowest BCUT2D eigenvalue weighted by Gasteiger charge is -2.12. The fraction of sp³-hybridized carbons (Fsp3) is 0.375. The summed E-state index contributed by atoms with van der Waals surface area (Å²) in [5, 5.41) is 0. The molecule has 0 unspecified atom stereocenters. The zero-order chi connectivity index (χ0) is 14.5. The van der Waals surface area contributed by atoms with Crippen LogP contribution in [0.1, 0.15) is 41.9 Å². The van der Waals surface area contributed by atoms with Gasteiger partial charge in [0.25, 0.3) is 0 Å². The van der Waals surface area contributed by atoms with Crippen molar-refractivity contribution in [3.8, 4) is 5.75 Å². The average molecular weight is 272 g/mol. The van der Waals surface area contributed by atoms with Gasteiger partial charge >= 0.3 is 0 Å². The van der Waals surface area contributed by atoms with Crippen LogP contribution in [0.15, 0.2) is 30.7 Å². The molecule has 0 aliphatic heterocycles. The Balaban J connectivity index is 2.16. The number of aryl methyl sites for hydroxylation is 2. The van der Waals surface area contributed by atoms with Crippen molar-refractivity contribution in [1.29, 1.82) is 0 Å². The molecule has 4 heteroatoms. The molecule has 2 aromatic rings. The quantitative estimate of drug-likeness (QED) is 0.757. The lowest BCUT2D eigenvalue weighted by Crippen LogP contribution is -2.07. The van der Waals surface area contributed by atoms with E-state index in [0.717, 1.165) is 24.2 Å². The van der Waals surface area contributed by atoms with E-state index in [1.54, 1.807) is 13.1 Å².